The molecular weight excluding hydrogens is 1160 g/mol. The topological polar surface area (TPSA) is 197 Å². The van der Waals surface area contributed by atoms with Crippen molar-refractivity contribution in [3.8, 4) is 5.75 Å². The van der Waals surface area contributed by atoms with Gasteiger partial charge in [0.05, 0.1) is 59.0 Å². The molecule has 4 aliphatic rings. The SMILES string of the molecule is CC1OC(Oc2ccc([NH+]([O-])O)cc2)C2OC(c3ccccc3)OC2C1OC1OC(CO)C(OCc2ccccc2)C(OCc2ccccc2)C1OC1OC(COCc2ccccc2)C(OCc2ccccc2)C(OCc2ccccc2)C1OCc1ccccc1. The first-order chi connectivity index (χ1) is 44.8. The number of nitrogens with one attached hydrogen (secondary N) is 1. The molecule has 4 heterocycles. The summed E-state index contributed by atoms with van der Waals surface area (Å²) in [6.45, 7) is 2.36. The van der Waals surface area contributed by atoms with Crippen molar-refractivity contribution in [2.24, 2.45) is 0 Å². The second kappa shape index (κ2) is 31.9. The normalized spacial score (nSPS) is 28.4. The Morgan fingerprint density at radius 3 is 1.24 bits per heavy atom. The van der Waals surface area contributed by atoms with Crippen molar-refractivity contribution in [1.29, 1.82) is 0 Å². The molecule has 4 aliphatic heterocycles. The number of fused-ring (bicyclic) bond motifs is 1. The molecule has 0 radical (unpaired) electrons. The van der Waals surface area contributed by atoms with Gasteiger partial charge in [-0.05, 0) is 52.4 Å². The minimum atomic E-state index is -1.39. The highest BCUT2D eigenvalue weighted by atomic mass is 16.8. The van der Waals surface area contributed by atoms with Crippen LogP contribution in [0.3, 0.4) is 0 Å². The Hall–Kier alpha value is -7.12. The largest absolute Gasteiger partial charge is 0.595 e. The smallest absolute Gasteiger partial charge is 0.229 e. The van der Waals surface area contributed by atoms with E-state index in [9.17, 15) is 15.5 Å². The van der Waals surface area contributed by atoms with E-state index in [0.29, 0.717) is 5.75 Å². The first kappa shape index (κ1) is 64.0. The van der Waals surface area contributed by atoms with Gasteiger partial charge in [-0.3, -0.25) is 0 Å². The van der Waals surface area contributed by atoms with Crippen LogP contribution in [0.1, 0.15) is 52.2 Å². The highest BCUT2D eigenvalue weighted by molar-refractivity contribution is 5.36. The lowest BCUT2D eigenvalue weighted by molar-refractivity contribution is -0.991. The second-order valence-electron chi connectivity index (χ2n) is 22.9. The third kappa shape index (κ3) is 16.8. The first-order valence-electron chi connectivity index (χ1n) is 30.9. The van der Waals surface area contributed by atoms with Crippen molar-refractivity contribution in [2.45, 2.75) is 145 Å². The molecule has 4 fully saturated rings. The summed E-state index contributed by atoms with van der Waals surface area (Å²) < 4.78 is 98.5. The highest BCUT2D eigenvalue weighted by Crippen LogP contribution is 2.44. The van der Waals surface area contributed by atoms with Crippen molar-refractivity contribution in [2.75, 3.05) is 13.2 Å². The molecule has 4 saturated heterocycles. The fourth-order valence-electron chi connectivity index (χ4n) is 11.8. The van der Waals surface area contributed by atoms with Gasteiger partial charge in [0, 0.05) is 17.7 Å². The molecule has 8 aromatic carbocycles. The molecule has 18 heteroatoms. The van der Waals surface area contributed by atoms with E-state index in [0.717, 1.165) is 38.9 Å². The molecule has 0 amide bonds. The van der Waals surface area contributed by atoms with E-state index in [1.807, 2.05) is 219 Å². The minimum absolute atomic E-state index is 0.0437. The fourth-order valence-corrected chi connectivity index (χ4v) is 11.8. The zero-order valence-electron chi connectivity index (χ0n) is 50.4. The van der Waals surface area contributed by atoms with Gasteiger partial charge in [0.15, 0.2) is 30.7 Å². The third-order valence-electron chi connectivity index (χ3n) is 16.5. The fraction of sp³-hybridized carbons (Fsp3) is 0.342. The average Bonchev–Trinajstić information content (AvgIpc) is 1.79. The summed E-state index contributed by atoms with van der Waals surface area (Å²) in [6, 6.07) is 74.6. The Labute approximate surface area is 530 Å². The summed E-state index contributed by atoms with van der Waals surface area (Å²) in [6.07, 6.45) is -16.2. The number of ether oxygens (including phenoxy) is 14. The standard InChI is InChI=1S/C73H77NO17/c1-49-61(66-69(90-70(89-66)56-35-21-8-22-36-56)72(84-49)85-58-39-37-57(38-40-58)74(76)77)88-73-68(65(82-46-54-31-17-6-18-32-54)62(59(41-75)86-73)79-43-51-25-11-3-12-26-51)91-71-67(83-47-55-33-19-7-20-34-55)64(81-45-53-29-15-5-16-30-53)63(80-44-52-27-13-4-14-28-52)60(87-71)48-78-42-50-23-9-2-10-24-50/h2-40,49,59-76H,41-48H2,1H3. The van der Waals surface area contributed by atoms with Crippen molar-refractivity contribution in [3.05, 3.63) is 281 Å². The van der Waals surface area contributed by atoms with Crippen LogP contribution in [0, 0.1) is 5.21 Å². The maximum absolute atomic E-state index is 11.8. The van der Waals surface area contributed by atoms with Crippen LogP contribution in [-0.4, -0.2) is 116 Å². The highest BCUT2D eigenvalue weighted by Gasteiger charge is 2.59. The van der Waals surface area contributed by atoms with E-state index in [-0.39, 0.29) is 51.9 Å². The van der Waals surface area contributed by atoms with Gasteiger partial charge in [0.1, 0.15) is 66.8 Å². The lowest BCUT2D eigenvalue weighted by Gasteiger charge is -2.51. The van der Waals surface area contributed by atoms with E-state index in [2.05, 4.69) is 0 Å². The van der Waals surface area contributed by atoms with Gasteiger partial charge in [0.2, 0.25) is 6.29 Å². The van der Waals surface area contributed by atoms with Crippen LogP contribution in [0.4, 0.5) is 5.69 Å². The molecule has 3 N–H and O–H groups in total. The van der Waals surface area contributed by atoms with Gasteiger partial charge in [-0.2, -0.15) is 5.23 Å². The molecule has 0 spiro atoms. The molecule has 0 aromatic heterocycles. The molecule has 0 bridgehead atoms. The number of rotatable bonds is 28. The molecule has 18 nitrogen and oxygen atoms in total. The van der Waals surface area contributed by atoms with E-state index in [1.54, 1.807) is 12.1 Å². The third-order valence-corrected chi connectivity index (χ3v) is 16.5. The Bertz CT molecular complexity index is 3370. The van der Waals surface area contributed by atoms with Crippen LogP contribution in [-0.2, 0) is 101 Å². The monoisotopic (exact) mass is 1240 g/mol. The van der Waals surface area contributed by atoms with Gasteiger partial charge in [-0.25, -0.2) is 5.21 Å². The molecule has 91 heavy (non-hydrogen) atoms. The summed E-state index contributed by atoms with van der Waals surface area (Å²) in [5, 5.41) is 32.0. The number of aliphatic hydroxyl groups is 1. The lowest BCUT2D eigenvalue weighted by atomic mass is 9.95. The molecule has 17 atom stereocenters. The van der Waals surface area contributed by atoms with Crippen molar-refractivity contribution < 1.29 is 81.9 Å². The van der Waals surface area contributed by atoms with Crippen LogP contribution < -0.4 is 9.96 Å². The molecule has 12 rings (SSSR count). The quantitative estimate of drug-likeness (QED) is 0.0391. The predicted octanol–water partition coefficient (Wildman–Crippen LogP) is 10.1. The molecule has 8 aromatic rings. The predicted molar refractivity (Wildman–Crippen MR) is 331 cm³/mol. The summed E-state index contributed by atoms with van der Waals surface area (Å²) in [5.74, 6) is 0.348. The summed E-state index contributed by atoms with van der Waals surface area (Å²) in [5.41, 5.74) is 6.28. The molecular formula is C73H77NO17. The zero-order chi connectivity index (χ0) is 62.1. The summed E-state index contributed by atoms with van der Waals surface area (Å²) in [7, 11) is 0. The average molecular weight is 1240 g/mol. The van der Waals surface area contributed by atoms with Crippen LogP contribution in [0.5, 0.6) is 5.75 Å². The zero-order valence-corrected chi connectivity index (χ0v) is 50.4. The Balaban J connectivity index is 0.950. The molecule has 0 saturated carbocycles. The van der Waals surface area contributed by atoms with Crippen LogP contribution in [0.15, 0.2) is 237 Å². The first-order valence-corrected chi connectivity index (χ1v) is 30.9. The maximum atomic E-state index is 11.8. The van der Waals surface area contributed by atoms with Gasteiger partial charge in [-0.15, -0.1) is 0 Å². The van der Waals surface area contributed by atoms with E-state index in [4.69, 9.17) is 66.3 Å². The number of hydrogen-bond acceptors (Lipinski definition) is 17. The minimum Gasteiger partial charge on any atom is -0.595 e. The van der Waals surface area contributed by atoms with Crippen LogP contribution >= 0.6 is 0 Å². The Morgan fingerprint density at radius 1 is 0.385 bits per heavy atom. The van der Waals surface area contributed by atoms with Crippen molar-refractivity contribution >= 4 is 5.69 Å². The lowest BCUT2D eigenvalue weighted by Crippen LogP contribution is -2.99. The maximum Gasteiger partial charge on any atom is 0.229 e. The Morgan fingerprint density at radius 2 is 0.769 bits per heavy atom. The number of quaternary nitrogens is 1. The molecule has 17 unspecified atom stereocenters. The number of benzene rings is 8. The Kier molecular flexibility index (Phi) is 22.5. The van der Waals surface area contributed by atoms with E-state index < -0.39 is 110 Å². The van der Waals surface area contributed by atoms with Gasteiger partial charge < -0.3 is 76.6 Å². The second-order valence-corrected chi connectivity index (χ2v) is 22.9. The molecule has 0 aliphatic carbocycles. The van der Waals surface area contributed by atoms with Gasteiger partial charge in [0.25, 0.3) is 0 Å². The van der Waals surface area contributed by atoms with E-state index >= 15 is 0 Å². The summed E-state index contributed by atoms with van der Waals surface area (Å²) in [4.78, 5) is 0. The van der Waals surface area contributed by atoms with Gasteiger partial charge in [-0.1, -0.05) is 212 Å². The van der Waals surface area contributed by atoms with Crippen LogP contribution in [0.25, 0.3) is 0 Å². The van der Waals surface area contributed by atoms with Crippen LogP contribution in [0.2, 0.25) is 0 Å². The summed E-state index contributed by atoms with van der Waals surface area (Å²) >= 11 is 0. The van der Waals surface area contributed by atoms with Crippen molar-refractivity contribution in [1.82, 2.24) is 0 Å². The number of hydrogen-bond donors (Lipinski definition) is 3. The molecule has 476 valence electrons. The van der Waals surface area contributed by atoms with E-state index in [1.165, 1.54) is 12.1 Å². The van der Waals surface area contributed by atoms with Gasteiger partial charge >= 0.3 is 0 Å². The number of aliphatic hydroxyl groups excluding tert-OH is 1. The van der Waals surface area contributed by atoms with Crippen molar-refractivity contribution in [3.63, 3.8) is 0 Å².